The third-order valence-electron chi connectivity index (χ3n) is 16.6. The van der Waals surface area contributed by atoms with Crippen LogP contribution in [0.4, 0.5) is 14.4 Å². The minimum atomic E-state index is -1.14. The number of benzene rings is 1. The first-order chi connectivity index (χ1) is 65.1. The molecular weight excluding hydrogens is 1880 g/mol. The van der Waals surface area contributed by atoms with Crippen LogP contribution in [0.5, 0.6) is 5.75 Å². The maximum atomic E-state index is 12.4. The number of carbonyl (C=O) groups excluding carboxylic acids is 10. The van der Waals surface area contributed by atoms with Crippen LogP contribution >= 0.6 is 0 Å². The average Bonchev–Trinajstić information content (AvgIpc) is 1.40. The van der Waals surface area contributed by atoms with Crippen LogP contribution in [0.3, 0.4) is 0 Å². The van der Waals surface area contributed by atoms with E-state index in [1.807, 2.05) is 41.5 Å². The third kappa shape index (κ3) is 55.2. The number of hydrogen-bond donors (Lipinski definition) is 5. The summed E-state index contributed by atoms with van der Waals surface area (Å²) in [5.41, 5.74) is 0.752. The van der Waals surface area contributed by atoms with E-state index < -0.39 is 163 Å². The van der Waals surface area contributed by atoms with Gasteiger partial charge in [0, 0.05) is 19.3 Å². The minimum Gasteiger partial charge on any atom is -0.456 e. The van der Waals surface area contributed by atoms with Crippen molar-refractivity contribution >= 4 is 59.9 Å². The van der Waals surface area contributed by atoms with Gasteiger partial charge in [0.15, 0.2) is 90.6 Å². The van der Waals surface area contributed by atoms with Crippen LogP contribution in [0, 0.1) is 113 Å². The fourth-order valence-corrected chi connectivity index (χ4v) is 10.2. The lowest BCUT2D eigenvalue weighted by Gasteiger charge is -2.19. The number of unbranched alkanes of at least 4 members (excludes halogenated alkanes) is 2. The van der Waals surface area contributed by atoms with Gasteiger partial charge in [0.25, 0.3) is 30.5 Å². The van der Waals surface area contributed by atoms with Crippen LogP contribution in [-0.2, 0) is 135 Å². The number of carbonyl (C=O) groups is 10. The summed E-state index contributed by atoms with van der Waals surface area (Å²) in [5.74, 6) is -7.31. The lowest BCUT2D eigenvalue weighted by Crippen LogP contribution is -2.44. The first-order valence-corrected chi connectivity index (χ1v) is 41.0. The Bertz CT molecular complexity index is 5190. The van der Waals surface area contributed by atoms with Gasteiger partial charge in [-0.2, -0.15) is 0 Å². The van der Waals surface area contributed by atoms with Crippen molar-refractivity contribution in [2.45, 2.75) is 217 Å². The average molecular weight is 1990 g/mol. The highest BCUT2D eigenvalue weighted by molar-refractivity contribution is 5.85. The van der Waals surface area contributed by atoms with Crippen molar-refractivity contribution in [1.82, 2.24) is 26.6 Å². The van der Waals surface area contributed by atoms with E-state index in [9.17, 15) is 133 Å². The summed E-state index contributed by atoms with van der Waals surface area (Å²) >= 11 is 0. The summed E-state index contributed by atoms with van der Waals surface area (Å²) in [6.45, 7) is 14.9. The van der Waals surface area contributed by atoms with Crippen molar-refractivity contribution in [1.29, 1.82) is 0 Å². The monoisotopic (exact) mass is 1990 g/mol. The second kappa shape index (κ2) is 64.4. The number of amides is 5. The molecule has 5 heterocycles. The number of rotatable bonds is 57. The van der Waals surface area contributed by atoms with Gasteiger partial charge in [-0.1, -0.05) is 60.1 Å². The molecule has 0 saturated heterocycles. The topological polar surface area (TPSA) is 836 Å². The van der Waals surface area contributed by atoms with Crippen LogP contribution < -0.4 is 60.4 Å². The van der Waals surface area contributed by atoms with Crippen molar-refractivity contribution in [3.8, 4) is 5.75 Å². The van der Waals surface area contributed by atoms with Crippen LogP contribution in [0.2, 0.25) is 0 Å². The second-order valence-corrected chi connectivity index (χ2v) is 29.0. The second-order valence-electron chi connectivity index (χ2n) is 29.0. The van der Waals surface area contributed by atoms with Gasteiger partial charge in [-0.3, -0.25) is 19.2 Å². The predicted octanol–water partition coefficient (Wildman–Crippen LogP) is 5.31. The van der Waals surface area contributed by atoms with E-state index in [0.717, 1.165) is 5.56 Å². The lowest BCUT2D eigenvalue weighted by atomic mass is 10.0. The molecule has 0 bridgehead atoms. The molecule has 6 aromatic rings. The summed E-state index contributed by atoms with van der Waals surface area (Å²) < 4.78 is 86.3. The number of ether oxygens (including phenoxy) is 8. The fraction of sp³-hybridized carbons (Fsp3) is 0.592. The molecule has 62 nitrogen and oxygen atoms in total. The number of nitrogens with one attached hydrogen (secondary N) is 5. The van der Waals surface area contributed by atoms with Crippen molar-refractivity contribution in [2.75, 3.05) is 59.3 Å². The molecule has 5 aromatic heterocycles. The van der Waals surface area contributed by atoms with Crippen molar-refractivity contribution in [3.63, 3.8) is 0 Å². The van der Waals surface area contributed by atoms with Gasteiger partial charge in [-0.05, 0) is 128 Å². The van der Waals surface area contributed by atoms with E-state index >= 15 is 0 Å². The summed E-state index contributed by atoms with van der Waals surface area (Å²) in [7, 11) is 0. The van der Waals surface area contributed by atoms with Crippen LogP contribution in [0.1, 0.15) is 182 Å². The molecule has 6 rings (SSSR count). The van der Waals surface area contributed by atoms with Gasteiger partial charge in [-0.15, -0.1) is 60.7 Å². The molecule has 5 amide bonds. The molecule has 138 heavy (non-hydrogen) atoms. The molecule has 4 atom stereocenters. The van der Waals surface area contributed by atoms with Gasteiger partial charge in [0.05, 0.1) is 33.0 Å². The number of esters is 5. The van der Waals surface area contributed by atoms with E-state index in [-0.39, 0.29) is 205 Å². The number of aryl methyl sites for hydroxylation is 5. The number of nitrogens with zero attached hydrogens (tertiary/aromatic N) is 6. The highest BCUT2D eigenvalue weighted by Crippen LogP contribution is 2.19. The van der Waals surface area contributed by atoms with E-state index in [0.29, 0.717) is 32.1 Å². The molecule has 0 radical (unpaired) electrons. The Morgan fingerprint density at radius 2 is 0.688 bits per heavy atom. The van der Waals surface area contributed by atoms with Gasteiger partial charge < -0.3 is 138 Å². The van der Waals surface area contributed by atoms with Gasteiger partial charge in [0.1, 0.15) is 56.3 Å². The maximum Gasteiger partial charge on any atom is 0.519 e. The van der Waals surface area contributed by atoms with E-state index in [4.69, 9.17) is 50.8 Å². The largest absolute Gasteiger partial charge is 0.519 e. The first-order valence-electron chi connectivity index (χ1n) is 41.0. The SMILES string of the molecule is Cc1oc(=O)oc1COC(=O)C(CC(C)C)NC(=O)CCCO[N+](=O)[O-].Cc1oc(=O)oc1COC(=O)C(CC(C)C)NC(=O)OCCCCO[N+](=O)[O-].Cc1oc(=O)oc1COC(=O)C(CC(C)C)NC(=O)Oc1ccc(CCO[N+](=O)[O-])cc1.Cc1oc(=O)oc1COC(=O)CNC(=O)CCCCC(CO[N+](=O)[O-])O[N+](=O)[O-].Cc1oc(=O)oc1COC(=O)CNC(=O)OCCCO[N+](=O)[O-]. The Morgan fingerprint density at radius 3 is 1.07 bits per heavy atom. The van der Waals surface area contributed by atoms with Gasteiger partial charge in [0.2, 0.25) is 11.8 Å². The standard InChI is InChI=1S/C20H24N2O10.C16H24N2O10.C15H22N2O9.C14H19N3O12.C11H14N2O10/c1-12(2)10-16(18(23)28-11-17-13(3)30-20(25)32-17)21-19(24)31-15-6-4-14(5-7-15)8-9-29-22(26)27;1-10(2)8-12(14(19)25-9-13-11(3)27-16(21)28-13)17-15(20)24-6-4-5-7-26-18(22)23;1-9(2)7-11(16-13(18)5-4-6-24-17(21)22)14(19)23-8-12-10(3)25-15(20)26-12;1-9-11(28-14(20)27-9)8-25-13(19)6-15-12(18)5-3-2-4-10(29-17(23)24)7-26-16(21)22;1-7-8(23-11(16)22-7)6-20-9(14)5-12-10(15)19-3-2-4-21-13(17)18/h4-7,12,16H,8-11H2,1-3H3,(H,21,24);10,12H,4-9H2,1-3H3,(H,17,20);9,11H,4-8H2,1-3H3,(H,16,18);10H,2-8H2,1H3,(H,15,18);2-6H2,1H3,(H,12,15). The highest BCUT2D eigenvalue weighted by Gasteiger charge is 2.30. The van der Waals surface area contributed by atoms with Crippen molar-refractivity contribution in [2.24, 2.45) is 17.8 Å². The highest BCUT2D eigenvalue weighted by atomic mass is 17.0. The molecule has 0 aliphatic heterocycles. The normalized spacial score (nSPS) is 11.3. The van der Waals surface area contributed by atoms with Crippen LogP contribution in [0.15, 0.2) is 92.4 Å². The molecule has 768 valence electrons. The summed E-state index contributed by atoms with van der Waals surface area (Å²) in [4.78, 5) is 259. The Labute approximate surface area is 774 Å². The van der Waals surface area contributed by atoms with Crippen LogP contribution in [0.25, 0.3) is 0 Å². The van der Waals surface area contributed by atoms with E-state index in [1.54, 1.807) is 12.1 Å². The van der Waals surface area contributed by atoms with Gasteiger partial charge in [-0.25, -0.2) is 52.7 Å². The zero-order chi connectivity index (χ0) is 104. The quantitative estimate of drug-likeness (QED) is 0.0106. The molecule has 0 aliphatic carbocycles. The molecule has 0 fully saturated rings. The zero-order valence-corrected chi connectivity index (χ0v) is 75.9. The Kier molecular flexibility index (Phi) is 54.9. The molecule has 1 aromatic carbocycles. The summed E-state index contributed by atoms with van der Waals surface area (Å²) in [6, 6.07) is 3.46. The number of alkyl carbamates (subject to hydrolysis) is 2. The zero-order valence-electron chi connectivity index (χ0n) is 75.9. The molecule has 4 unspecified atom stereocenters. The minimum absolute atomic E-state index is 0.00424. The van der Waals surface area contributed by atoms with E-state index in [2.05, 4.69) is 86.8 Å². The van der Waals surface area contributed by atoms with Crippen molar-refractivity contribution < 1.29 is 190 Å². The van der Waals surface area contributed by atoms with Crippen LogP contribution in [-0.4, -0.2) is 174 Å². The summed E-state index contributed by atoms with van der Waals surface area (Å²) in [6.07, 6.45) is -0.914. The molecular formula is C76H103N11O51. The predicted molar refractivity (Wildman–Crippen MR) is 441 cm³/mol. The molecule has 62 heteroatoms. The number of hydrogen-bond acceptors (Lipinski definition) is 51. The van der Waals surface area contributed by atoms with Crippen molar-refractivity contribution in [3.05, 3.63) is 201 Å². The van der Waals surface area contributed by atoms with E-state index in [1.165, 1.54) is 46.8 Å². The first kappa shape index (κ1) is 118. The third-order valence-corrected chi connectivity index (χ3v) is 16.6. The fourth-order valence-electron chi connectivity index (χ4n) is 10.2. The molecule has 0 spiro atoms. The van der Waals surface area contributed by atoms with Gasteiger partial charge >= 0.3 is 77.2 Å². The smallest absolute Gasteiger partial charge is 0.456 e. The molecule has 5 N–H and O–H groups in total. The lowest BCUT2D eigenvalue weighted by molar-refractivity contribution is -0.790. The molecule has 0 aliphatic rings. The Balaban J connectivity index is 0.000000586. The molecule has 0 saturated carbocycles. The Hall–Kier alpha value is -16.4. The Morgan fingerprint density at radius 1 is 0.348 bits per heavy atom. The maximum absolute atomic E-state index is 12.4. The summed E-state index contributed by atoms with van der Waals surface area (Å²) in [5, 5.41) is 66.5.